The molecule has 2 heterocycles. The highest BCUT2D eigenvalue weighted by molar-refractivity contribution is 5.75. The lowest BCUT2D eigenvalue weighted by molar-refractivity contribution is -0.120. The zero-order chi connectivity index (χ0) is 14.5. The van der Waals surface area contributed by atoms with Gasteiger partial charge in [0.1, 0.15) is 5.82 Å². The van der Waals surface area contributed by atoms with Crippen LogP contribution in [0.1, 0.15) is 48.9 Å². The van der Waals surface area contributed by atoms with E-state index < -0.39 is 0 Å². The fourth-order valence-corrected chi connectivity index (χ4v) is 2.77. The van der Waals surface area contributed by atoms with Gasteiger partial charge in [0, 0.05) is 19.2 Å². The number of amides is 1. The molecule has 2 rings (SSSR count). The molecule has 5 nitrogen and oxygen atoms in total. The van der Waals surface area contributed by atoms with Crippen molar-refractivity contribution in [3.05, 3.63) is 23.3 Å². The fraction of sp³-hybridized carbons (Fsp3) is 0.667. The molecule has 0 unspecified atom stereocenters. The summed E-state index contributed by atoms with van der Waals surface area (Å²) in [5, 5.41) is 2.64. The molecule has 1 aromatic rings. The molecular weight excluding hydrogens is 252 g/mol. The Kier molecular flexibility index (Phi) is 5.06. The normalized spacial score (nSPS) is 19.9. The van der Waals surface area contributed by atoms with Gasteiger partial charge >= 0.3 is 0 Å². The average molecular weight is 276 g/mol. The van der Waals surface area contributed by atoms with Crippen LogP contribution in [0.2, 0.25) is 0 Å². The van der Waals surface area contributed by atoms with Gasteiger partial charge in [0.2, 0.25) is 5.91 Å². The van der Waals surface area contributed by atoms with Crippen LogP contribution in [0, 0.1) is 6.92 Å². The molecule has 1 N–H and O–H groups in total. The van der Waals surface area contributed by atoms with Crippen LogP contribution in [0.5, 0.6) is 0 Å². The van der Waals surface area contributed by atoms with Crippen LogP contribution in [0.25, 0.3) is 0 Å². The Bertz CT molecular complexity index is 475. The van der Waals surface area contributed by atoms with Crippen LogP contribution in [0.15, 0.2) is 6.07 Å². The number of hydrogen-bond donors (Lipinski definition) is 1. The number of likely N-dealkylation sites (tertiary alicyclic amines) is 1. The number of piperidine rings is 1. The molecule has 0 bridgehead atoms. The molecule has 110 valence electrons. The number of aryl methyl sites for hydroxylation is 2. The molecule has 1 saturated heterocycles. The van der Waals surface area contributed by atoms with E-state index in [0.717, 1.165) is 30.2 Å². The molecule has 5 heteroatoms. The summed E-state index contributed by atoms with van der Waals surface area (Å²) in [5.74, 6) is 0.853. The number of rotatable bonds is 4. The van der Waals surface area contributed by atoms with Gasteiger partial charge in [0.15, 0.2) is 0 Å². The quantitative estimate of drug-likeness (QED) is 0.908. The molecule has 1 amide bonds. The van der Waals surface area contributed by atoms with Crippen molar-refractivity contribution in [3.8, 4) is 0 Å². The fourth-order valence-electron chi connectivity index (χ4n) is 2.77. The minimum Gasteiger partial charge on any atom is -0.359 e. The molecule has 1 aliphatic heterocycles. The number of nitrogens with zero attached hydrogens (tertiary/aromatic N) is 3. The second-order valence-electron chi connectivity index (χ2n) is 5.50. The molecule has 1 atom stereocenters. The van der Waals surface area contributed by atoms with E-state index in [1.165, 1.54) is 12.8 Å². The molecule has 0 aliphatic carbocycles. The summed E-state index contributed by atoms with van der Waals surface area (Å²) in [7, 11) is 3.82. The molecule has 0 saturated carbocycles. The molecule has 0 aromatic carbocycles. The molecule has 1 aliphatic rings. The Hall–Kier alpha value is -1.49. The Morgan fingerprint density at radius 2 is 2.25 bits per heavy atom. The number of nitrogens with one attached hydrogen (secondary N) is 1. The maximum atomic E-state index is 11.3. The van der Waals surface area contributed by atoms with Gasteiger partial charge in [-0.15, -0.1) is 0 Å². The van der Waals surface area contributed by atoms with E-state index in [1.807, 2.05) is 6.92 Å². The molecule has 1 fully saturated rings. The van der Waals surface area contributed by atoms with Gasteiger partial charge < -0.3 is 5.32 Å². The molecular formula is C15H24N4O. The first kappa shape index (κ1) is 14.9. The van der Waals surface area contributed by atoms with Gasteiger partial charge in [0.05, 0.1) is 11.7 Å². The summed E-state index contributed by atoms with van der Waals surface area (Å²) in [4.78, 5) is 22.8. The van der Waals surface area contributed by atoms with Gasteiger partial charge in [-0.3, -0.25) is 9.69 Å². The van der Waals surface area contributed by atoms with E-state index in [1.54, 1.807) is 7.05 Å². The molecule has 20 heavy (non-hydrogen) atoms. The van der Waals surface area contributed by atoms with E-state index in [4.69, 9.17) is 0 Å². The summed E-state index contributed by atoms with van der Waals surface area (Å²) in [6.07, 6.45) is 4.83. The highest BCUT2D eigenvalue weighted by Gasteiger charge is 2.22. The first-order valence-electron chi connectivity index (χ1n) is 7.35. The SMILES string of the molecule is CNC(=O)CCc1cc([C@@H]2CCCCN2C)nc(C)n1. The lowest BCUT2D eigenvalue weighted by Crippen LogP contribution is -2.30. The number of aromatic nitrogens is 2. The Balaban J connectivity index is 2.13. The maximum Gasteiger partial charge on any atom is 0.220 e. The van der Waals surface area contributed by atoms with E-state index >= 15 is 0 Å². The van der Waals surface area contributed by atoms with Gasteiger partial charge in [-0.1, -0.05) is 6.42 Å². The average Bonchev–Trinajstić information content (AvgIpc) is 2.44. The summed E-state index contributed by atoms with van der Waals surface area (Å²) in [6, 6.07) is 2.46. The number of carbonyl (C=O) groups is 1. The first-order chi connectivity index (χ1) is 9.60. The third-order valence-electron chi connectivity index (χ3n) is 3.91. The van der Waals surface area contributed by atoms with E-state index in [2.05, 4.69) is 33.3 Å². The van der Waals surface area contributed by atoms with Crippen molar-refractivity contribution in [2.24, 2.45) is 0 Å². The van der Waals surface area contributed by atoms with Crippen molar-refractivity contribution in [3.63, 3.8) is 0 Å². The Labute approximate surface area is 120 Å². The van der Waals surface area contributed by atoms with Crippen molar-refractivity contribution in [2.45, 2.75) is 45.1 Å². The van der Waals surface area contributed by atoms with Crippen LogP contribution >= 0.6 is 0 Å². The minimum absolute atomic E-state index is 0.0533. The standard InChI is InChI=1S/C15H24N4O/c1-11-17-12(7-8-15(20)16-2)10-13(18-11)14-6-4-5-9-19(14)3/h10,14H,4-9H2,1-3H3,(H,16,20)/t14-/m0/s1. The van der Waals surface area contributed by atoms with Crippen LogP contribution < -0.4 is 5.32 Å². The van der Waals surface area contributed by atoms with Gasteiger partial charge in [-0.2, -0.15) is 0 Å². The number of carbonyl (C=O) groups excluding carboxylic acids is 1. The Morgan fingerprint density at radius 1 is 1.45 bits per heavy atom. The Morgan fingerprint density at radius 3 is 2.95 bits per heavy atom. The maximum absolute atomic E-state index is 11.3. The lowest BCUT2D eigenvalue weighted by Gasteiger charge is -2.32. The topological polar surface area (TPSA) is 58.1 Å². The highest BCUT2D eigenvalue weighted by Crippen LogP contribution is 2.28. The first-order valence-corrected chi connectivity index (χ1v) is 7.35. The van der Waals surface area contributed by atoms with Crippen molar-refractivity contribution >= 4 is 5.91 Å². The predicted octanol–water partition coefficient (Wildman–Crippen LogP) is 1.62. The lowest BCUT2D eigenvalue weighted by atomic mass is 9.99. The minimum atomic E-state index is 0.0533. The van der Waals surface area contributed by atoms with Gasteiger partial charge in [0.25, 0.3) is 0 Å². The van der Waals surface area contributed by atoms with Crippen LogP contribution in [0.3, 0.4) is 0 Å². The van der Waals surface area contributed by atoms with E-state index in [-0.39, 0.29) is 5.91 Å². The predicted molar refractivity (Wildman–Crippen MR) is 78.4 cm³/mol. The van der Waals surface area contributed by atoms with Crippen molar-refractivity contribution in [1.82, 2.24) is 20.2 Å². The van der Waals surface area contributed by atoms with E-state index in [0.29, 0.717) is 18.9 Å². The molecule has 0 radical (unpaired) electrons. The summed E-state index contributed by atoms with van der Waals surface area (Å²) < 4.78 is 0. The smallest absolute Gasteiger partial charge is 0.220 e. The molecule has 0 spiro atoms. The summed E-state index contributed by atoms with van der Waals surface area (Å²) in [6.45, 7) is 3.05. The van der Waals surface area contributed by atoms with Crippen molar-refractivity contribution < 1.29 is 4.79 Å². The zero-order valence-electron chi connectivity index (χ0n) is 12.6. The second-order valence-corrected chi connectivity index (χ2v) is 5.50. The third kappa shape index (κ3) is 3.76. The van der Waals surface area contributed by atoms with Crippen LogP contribution in [-0.2, 0) is 11.2 Å². The van der Waals surface area contributed by atoms with Crippen molar-refractivity contribution in [1.29, 1.82) is 0 Å². The van der Waals surface area contributed by atoms with Crippen LogP contribution in [-0.4, -0.2) is 41.4 Å². The monoisotopic (exact) mass is 276 g/mol. The third-order valence-corrected chi connectivity index (χ3v) is 3.91. The van der Waals surface area contributed by atoms with E-state index in [9.17, 15) is 4.79 Å². The zero-order valence-corrected chi connectivity index (χ0v) is 12.6. The van der Waals surface area contributed by atoms with Crippen LogP contribution in [0.4, 0.5) is 0 Å². The highest BCUT2D eigenvalue weighted by atomic mass is 16.1. The summed E-state index contributed by atoms with van der Waals surface area (Å²) >= 11 is 0. The molecule has 1 aromatic heterocycles. The summed E-state index contributed by atoms with van der Waals surface area (Å²) in [5.41, 5.74) is 2.07. The van der Waals surface area contributed by atoms with Gasteiger partial charge in [-0.25, -0.2) is 9.97 Å². The van der Waals surface area contributed by atoms with Gasteiger partial charge in [-0.05, 0) is 45.8 Å². The largest absolute Gasteiger partial charge is 0.359 e. The number of hydrogen-bond acceptors (Lipinski definition) is 4. The second kappa shape index (κ2) is 6.79. The van der Waals surface area contributed by atoms with Crippen molar-refractivity contribution in [2.75, 3.05) is 20.6 Å².